The lowest BCUT2D eigenvalue weighted by Gasteiger charge is -2.41. The van der Waals surface area contributed by atoms with Crippen LogP contribution in [0, 0.1) is 5.92 Å². The number of fused-ring (bicyclic) bond motifs is 1. The van der Waals surface area contributed by atoms with E-state index < -0.39 is 0 Å². The third kappa shape index (κ3) is 2.75. The van der Waals surface area contributed by atoms with Gasteiger partial charge in [0.25, 0.3) is 0 Å². The van der Waals surface area contributed by atoms with E-state index in [0.29, 0.717) is 0 Å². The predicted octanol–water partition coefficient (Wildman–Crippen LogP) is 3.30. The standard InChI is InChI=1S/C16H30N2/c17-16(9-2-1-3-10-16)11-13-18-12-5-7-14-6-4-8-15(14)18/h14-15H,1-13,17H2. The Bertz CT molecular complexity index is 270. The highest BCUT2D eigenvalue weighted by molar-refractivity contribution is 4.92. The Balaban J connectivity index is 1.52. The van der Waals surface area contributed by atoms with Crippen LogP contribution >= 0.6 is 0 Å². The summed E-state index contributed by atoms with van der Waals surface area (Å²) < 4.78 is 0. The van der Waals surface area contributed by atoms with Crippen molar-refractivity contribution in [2.45, 2.75) is 82.2 Å². The number of rotatable bonds is 3. The Morgan fingerprint density at radius 3 is 2.56 bits per heavy atom. The Kier molecular flexibility index (Phi) is 3.95. The lowest BCUT2D eigenvalue weighted by molar-refractivity contribution is 0.0980. The second-order valence-electron chi connectivity index (χ2n) is 7.11. The van der Waals surface area contributed by atoms with Gasteiger partial charge in [0.1, 0.15) is 0 Å². The van der Waals surface area contributed by atoms with Gasteiger partial charge in [0.05, 0.1) is 0 Å². The van der Waals surface area contributed by atoms with Gasteiger partial charge < -0.3 is 10.6 Å². The van der Waals surface area contributed by atoms with Crippen LogP contribution < -0.4 is 5.73 Å². The molecule has 2 aliphatic carbocycles. The van der Waals surface area contributed by atoms with Crippen molar-refractivity contribution in [1.82, 2.24) is 4.90 Å². The highest BCUT2D eigenvalue weighted by atomic mass is 15.2. The number of piperidine rings is 1. The molecule has 2 unspecified atom stereocenters. The summed E-state index contributed by atoms with van der Waals surface area (Å²) >= 11 is 0. The van der Waals surface area contributed by atoms with Gasteiger partial charge in [-0.05, 0) is 57.4 Å². The minimum absolute atomic E-state index is 0.184. The molecule has 3 fully saturated rings. The van der Waals surface area contributed by atoms with E-state index in [4.69, 9.17) is 5.73 Å². The molecule has 2 heteroatoms. The van der Waals surface area contributed by atoms with Gasteiger partial charge >= 0.3 is 0 Å². The normalized spacial score (nSPS) is 36.5. The smallest absolute Gasteiger partial charge is 0.0166 e. The van der Waals surface area contributed by atoms with E-state index in [9.17, 15) is 0 Å². The number of hydrogen-bond donors (Lipinski definition) is 1. The van der Waals surface area contributed by atoms with Crippen LogP contribution in [0.1, 0.15) is 70.6 Å². The van der Waals surface area contributed by atoms with Crippen molar-refractivity contribution in [2.24, 2.45) is 11.7 Å². The van der Waals surface area contributed by atoms with Gasteiger partial charge in [-0.2, -0.15) is 0 Å². The molecule has 1 heterocycles. The molecule has 1 aliphatic heterocycles. The van der Waals surface area contributed by atoms with E-state index in [-0.39, 0.29) is 5.54 Å². The molecule has 2 saturated carbocycles. The summed E-state index contributed by atoms with van der Waals surface area (Å²) in [6.45, 7) is 2.62. The minimum Gasteiger partial charge on any atom is -0.325 e. The lowest BCUT2D eigenvalue weighted by atomic mass is 9.80. The predicted molar refractivity (Wildman–Crippen MR) is 76.6 cm³/mol. The van der Waals surface area contributed by atoms with E-state index in [0.717, 1.165) is 12.0 Å². The van der Waals surface area contributed by atoms with E-state index in [1.807, 2.05) is 0 Å². The zero-order valence-electron chi connectivity index (χ0n) is 11.9. The summed E-state index contributed by atoms with van der Waals surface area (Å²) in [5, 5.41) is 0. The third-order valence-electron chi connectivity index (χ3n) is 5.85. The van der Waals surface area contributed by atoms with Crippen molar-refractivity contribution in [2.75, 3.05) is 13.1 Å². The summed E-state index contributed by atoms with van der Waals surface area (Å²) in [5.41, 5.74) is 6.77. The van der Waals surface area contributed by atoms with Crippen molar-refractivity contribution in [3.05, 3.63) is 0 Å². The molecule has 1 saturated heterocycles. The van der Waals surface area contributed by atoms with Crippen molar-refractivity contribution >= 4 is 0 Å². The van der Waals surface area contributed by atoms with Crippen molar-refractivity contribution in [3.8, 4) is 0 Å². The number of nitrogens with zero attached hydrogens (tertiary/aromatic N) is 1. The molecule has 3 rings (SSSR count). The topological polar surface area (TPSA) is 29.3 Å². The van der Waals surface area contributed by atoms with E-state index in [2.05, 4.69) is 4.90 Å². The molecule has 2 N–H and O–H groups in total. The molecule has 18 heavy (non-hydrogen) atoms. The molecule has 2 nitrogen and oxygen atoms in total. The molecular formula is C16H30N2. The van der Waals surface area contributed by atoms with Crippen LogP contribution in [0.4, 0.5) is 0 Å². The minimum atomic E-state index is 0.184. The Morgan fingerprint density at radius 2 is 1.72 bits per heavy atom. The monoisotopic (exact) mass is 250 g/mol. The zero-order valence-corrected chi connectivity index (χ0v) is 11.9. The number of hydrogen-bond acceptors (Lipinski definition) is 2. The van der Waals surface area contributed by atoms with Gasteiger partial charge in [-0.1, -0.05) is 25.7 Å². The molecule has 0 spiro atoms. The average Bonchev–Trinajstić information content (AvgIpc) is 2.86. The SMILES string of the molecule is NC1(CCN2CCCC3CCCC32)CCCCC1. The van der Waals surface area contributed by atoms with E-state index in [1.54, 1.807) is 0 Å². The highest BCUT2D eigenvalue weighted by Gasteiger charge is 2.36. The second-order valence-corrected chi connectivity index (χ2v) is 7.11. The molecule has 0 bridgehead atoms. The van der Waals surface area contributed by atoms with Crippen molar-refractivity contribution in [1.29, 1.82) is 0 Å². The Hall–Kier alpha value is -0.0800. The Morgan fingerprint density at radius 1 is 0.944 bits per heavy atom. The first kappa shape index (κ1) is 12.9. The highest BCUT2D eigenvalue weighted by Crippen LogP contribution is 2.37. The molecule has 2 atom stereocenters. The van der Waals surface area contributed by atoms with Gasteiger partial charge in [-0.25, -0.2) is 0 Å². The summed E-state index contributed by atoms with van der Waals surface area (Å²) in [6, 6.07) is 0.922. The van der Waals surface area contributed by atoms with E-state index in [1.165, 1.54) is 83.7 Å². The van der Waals surface area contributed by atoms with Gasteiger partial charge in [0.15, 0.2) is 0 Å². The number of nitrogens with two attached hydrogens (primary N) is 1. The van der Waals surface area contributed by atoms with Gasteiger partial charge in [-0.3, -0.25) is 0 Å². The van der Waals surface area contributed by atoms with E-state index >= 15 is 0 Å². The fourth-order valence-electron chi connectivity index (χ4n) is 4.71. The molecule has 0 amide bonds. The zero-order chi connectivity index (χ0) is 12.4. The maximum atomic E-state index is 6.59. The molecule has 0 aromatic rings. The summed E-state index contributed by atoms with van der Waals surface area (Å²) in [4.78, 5) is 2.80. The first-order chi connectivity index (χ1) is 8.77. The van der Waals surface area contributed by atoms with Crippen LogP contribution in [-0.4, -0.2) is 29.6 Å². The fourth-order valence-corrected chi connectivity index (χ4v) is 4.71. The third-order valence-corrected chi connectivity index (χ3v) is 5.85. The van der Waals surface area contributed by atoms with Crippen molar-refractivity contribution in [3.63, 3.8) is 0 Å². The molecule has 3 aliphatic rings. The van der Waals surface area contributed by atoms with Crippen LogP contribution in [0.2, 0.25) is 0 Å². The van der Waals surface area contributed by atoms with Crippen LogP contribution in [0.15, 0.2) is 0 Å². The van der Waals surface area contributed by atoms with Gasteiger partial charge in [0, 0.05) is 18.1 Å². The van der Waals surface area contributed by atoms with Crippen molar-refractivity contribution < 1.29 is 0 Å². The maximum Gasteiger partial charge on any atom is 0.0166 e. The average molecular weight is 250 g/mol. The first-order valence-corrected chi connectivity index (χ1v) is 8.30. The van der Waals surface area contributed by atoms with Crippen LogP contribution in [0.25, 0.3) is 0 Å². The summed E-state index contributed by atoms with van der Waals surface area (Å²) in [7, 11) is 0. The van der Waals surface area contributed by atoms with Crippen LogP contribution in [0.3, 0.4) is 0 Å². The molecule has 104 valence electrons. The van der Waals surface area contributed by atoms with Gasteiger partial charge in [-0.15, -0.1) is 0 Å². The fraction of sp³-hybridized carbons (Fsp3) is 1.00. The maximum absolute atomic E-state index is 6.59. The summed E-state index contributed by atoms with van der Waals surface area (Å²) in [6.07, 6.45) is 15.3. The largest absolute Gasteiger partial charge is 0.325 e. The molecule has 0 aromatic carbocycles. The molecule has 0 radical (unpaired) electrons. The molecule has 0 aromatic heterocycles. The number of likely N-dealkylation sites (tertiary alicyclic amines) is 1. The Labute approximate surface area is 112 Å². The summed E-state index contributed by atoms with van der Waals surface area (Å²) in [5.74, 6) is 1.03. The molecular weight excluding hydrogens is 220 g/mol. The quantitative estimate of drug-likeness (QED) is 0.832. The lowest BCUT2D eigenvalue weighted by Crippen LogP contribution is -2.48. The first-order valence-electron chi connectivity index (χ1n) is 8.30. The van der Waals surface area contributed by atoms with Crippen LogP contribution in [0.5, 0.6) is 0 Å². The van der Waals surface area contributed by atoms with Gasteiger partial charge in [0.2, 0.25) is 0 Å². The second kappa shape index (κ2) is 5.50. The van der Waals surface area contributed by atoms with Crippen LogP contribution in [-0.2, 0) is 0 Å².